The van der Waals surface area contributed by atoms with Gasteiger partial charge in [0.15, 0.2) is 17.3 Å². The van der Waals surface area contributed by atoms with Crippen LogP contribution in [0.2, 0.25) is 0 Å². The van der Waals surface area contributed by atoms with Crippen molar-refractivity contribution in [1.29, 1.82) is 0 Å². The second-order valence-electron chi connectivity index (χ2n) is 8.52. The molecule has 0 N–H and O–H groups in total. The van der Waals surface area contributed by atoms with Crippen molar-refractivity contribution in [3.8, 4) is 11.5 Å². The van der Waals surface area contributed by atoms with Gasteiger partial charge in [0, 0.05) is 56.1 Å². The van der Waals surface area contributed by atoms with Crippen LogP contribution in [0.15, 0.2) is 41.9 Å². The van der Waals surface area contributed by atoms with Gasteiger partial charge < -0.3 is 14.4 Å². The van der Waals surface area contributed by atoms with Gasteiger partial charge >= 0.3 is 0 Å². The Bertz CT molecular complexity index is 1140. The highest BCUT2D eigenvalue weighted by atomic mass is 32.1. The van der Waals surface area contributed by atoms with Crippen LogP contribution in [0.25, 0.3) is 0 Å². The second-order valence-corrected chi connectivity index (χ2v) is 9.50. The van der Waals surface area contributed by atoms with Crippen LogP contribution < -0.4 is 14.4 Å². The number of carbonyl (C=O) groups excluding carboxylic acids is 1. The lowest BCUT2D eigenvalue weighted by atomic mass is 9.86. The third kappa shape index (κ3) is 3.73. The van der Waals surface area contributed by atoms with Crippen molar-refractivity contribution < 1.29 is 14.3 Å². The Morgan fingerprint density at radius 1 is 1.06 bits per heavy atom. The zero-order chi connectivity index (χ0) is 21.5. The molecule has 1 saturated heterocycles. The molecule has 6 rings (SSSR count). The monoisotopic (exact) mass is 448 g/mol. The highest BCUT2D eigenvalue weighted by Crippen LogP contribution is 2.35. The number of anilines is 1. The molecular weight excluding hydrogens is 424 g/mol. The van der Waals surface area contributed by atoms with E-state index in [2.05, 4.69) is 44.4 Å². The van der Waals surface area contributed by atoms with E-state index in [1.807, 2.05) is 6.07 Å². The third-order valence-corrected chi connectivity index (χ3v) is 7.51. The molecule has 2 aliphatic heterocycles. The Hall–Kier alpha value is -2.97. The van der Waals surface area contributed by atoms with Crippen LogP contribution in [0.1, 0.15) is 38.8 Å². The second kappa shape index (κ2) is 8.18. The number of hydrogen-bond acceptors (Lipinski definition) is 8. The summed E-state index contributed by atoms with van der Waals surface area (Å²) in [6.45, 7) is 4.79. The van der Waals surface area contributed by atoms with E-state index in [9.17, 15) is 4.79 Å². The number of thiophene rings is 1. The van der Waals surface area contributed by atoms with Gasteiger partial charge in [0.2, 0.25) is 12.7 Å². The molecule has 0 saturated carbocycles. The molecule has 164 valence electrons. The Kier molecular flexibility index (Phi) is 5.04. The zero-order valence-electron chi connectivity index (χ0n) is 17.7. The maximum Gasteiger partial charge on any atom is 0.231 e. The minimum Gasteiger partial charge on any atom is -0.454 e. The maximum absolute atomic E-state index is 12.7. The molecule has 1 atom stereocenters. The Labute approximate surface area is 190 Å². The van der Waals surface area contributed by atoms with Crippen LogP contribution in [0.5, 0.6) is 11.5 Å². The predicted octanol–water partition coefficient (Wildman–Crippen LogP) is 3.50. The van der Waals surface area contributed by atoms with Gasteiger partial charge in [-0.15, -0.1) is 11.3 Å². The quantitative estimate of drug-likeness (QED) is 0.605. The molecule has 3 aromatic rings. The molecular formula is C24H24N4O3S. The van der Waals surface area contributed by atoms with Crippen molar-refractivity contribution >= 4 is 23.1 Å². The van der Waals surface area contributed by atoms with Gasteiger partial charge in [0.05, 0.1) is 11.3 Å². The van der Waals surface area contributed by atoms with Crippen molar-refractivity contribution in [2.75, 3.05) is 37.9 Å². The van der Waals surface area contributed by atoms with Crippen molar-refractivity contribution in [2.24, 2.45) is 0 Å². The van der Waals surface area contributed by atoms with Gasteiger partial charge in [0.1, 0.15) is 0 Å². The molecule has 1 aromatic carbocycles. The zero-order valence-corrected chi connectivity index (χ0v) is 18.5. The number of benzene rings is 1. The Morgan fingerprint density at radius 2 is 1.94 bits per heavy atom. The number of ether oxygens (including phenoxy) is 2. The fourth-order valence-corrected chi connectivity index (χ4v) is 5.55. The number of Topliss-reactive ketones (excluding diaryl/α,β-unsaturated/α-hetero) is 1. The molecule has 0 bridgehead atoms. The molecule has 4 heterocycles. The summed E-state index contributed by atoms with van der Waals surface area (Å²) in [4.78, 5) is 28.0. The van der Waals surface area contributed by atoms with Crippen molar-refractivity contribution in [2.45, 2.75) is 25.3 Å². The van der Waals surface area contributed by atoms with Gasteiger partial charge in [0.25, 0.3) is 0 Å². The molecule has 7 nitrogen and oxygen atoms in total. The normalized spacial score (nSPS) is 20.4. The molecule has 8 heteroatoms. The number of hydrogen-bond donors (Lipinski definition) is 0. The van der Waals surface area contributed by atoms with Gasteiger partial charge in [-0.05, 0) is 35.6 Å². The summed E-state index contributed by atoms with van der Waals surface area (Å²) in [6.07, 6.45) is 3.10. The number of piperazine rings is 1. The summed E-state index contributed by atoms with van der Waals surface area (Å²) < 4.78 is 10.9. The van der Waals surface area contributed by atoms with Crippen molar-refractivity contribution in [3.05, 3.63) is 63.6 Å². The van der Waals surface area contributed by atoms with E-state index in [-0.39, 0.29) is 11.7 Å². The lowest BCUT2D eigenvalue weighted by Crippen LogP contribution is -2.46. The van der Waals surface area contributed by atoms with Crippen LogP contribution in [-0.4, -0.2) is 53.6 Å². The maximum atomic E-state index is 12.7. The molecule has 0 amide bonds. The minimum atomic E-state index is 0.157. The first-order valence-corrected chi connectivity index (χ1v) is 11.9. The predicted molar refractivity (Wildman–Crippen MR) is 122 cm³/mol. The van der Waals surface area contributed by atoms with Crippen LogP contribution in [0, 0.1) is 0 Å². The summed E-state index contributed by atoms with van der Waals surface area (Å²) in [5, 5.41) is 2.07. The lowest BCUT2D eigenvalue weighted by molar-refractivity contribution is 0.0963. The molecule has 0 unspecified atom stereocenters. The first-order chi connectivity index (χ1) is 15.7. The summed E-state index contributed by atoms with van der Waals surface area (Å²) in [5.74, 6) is 2.79. The van der Waals surface area contributed by atoms with Crippen molar-refractivity contribution in [1.82, 2.24) is 14.9 Å². The molecule has 3 aliphatic rings. The van der Waals surface area contributed by atoms with Gasteiger partial charge in [-0.3, -0.25) is 9.69 Å². The number of ketones is 1. The summed E-state index contributed by atoms with van der Waals surface area (Å²) in [5.41, 5.74) is 2.82. The number of rotatable bonds is 4. The SMILES string of the molecule is O=C1C[C@@H](c2cccs2)Cc2nc(N3CCN(Cc4ccc5c(c4)OCO5)CC3)ncc21. The van der Waals surface area contributed by atoms with E-state index in [0.717, 1.165) is 62.3 Å². The molecule has 2 aromatic heterocycles. The van der Waals surface area contributed by atoms with Crippen LogP contribution >= 0.6 is 11.3 Å². The summed E-state index contributed by atoms with van der Waals surface area (Å²) >= 11 is 1.72. The number of nitrogens with zero attached hydrogens (tertiary/aromatic N) is 4. The van der Waals surface area contributed by atoms with Crippen molar-refractivity contribution in [3.63, 3.8) is 0 Å². The highest BCUT2D eigenvalue weighted by Gasteiger charge is 2.29. The smallest absolute Gasteiger partial charge is 0.231 e. The van der Waals surface area contributed by atoms with Crippen LogP contribution in [0.4, 0.5) is 5.95 Å². The fourth-order valence-electron chi connectivity index (χ4n) is 4.72. The van der Waals surface area contributed by atoms with Gasteiger partial charge in [-0.1, -0.05) is 12.1 Å². The molecule has 0 spiro atoms. The fraction of sp³-hybridized carbons (Fsp3) is 0.375. The number of carbonyl (C=O) groups is 1. The van der Waals surface area contributed by atoms with Gasteiger partial charge in [-0.25, -0.2) is 9.97 Å². The molecule has 1 aliphatic carbocycles. The summed E-state index contributed by atoms with van der Waals surface area (Å²) in [6, 6.07) is 10.3. The first kappa shape index (κ1) is 19.7. The van der Waals surface area contributed by atoms with E-state index >= 15 is 0 Å². The Balaban J connectivity index is 1.12. The first-order valence-electron chi connectivity index (χ1n) is 11.0. The molecule has 1 fully saturated rings. The van der Waals surface area contributed by atoms with E-state index in [4.69, 9.17) is 14.5 Å². The summed E-state index contributed by atoms with van der Waals surface area (Å²) in [7, 11) is 0. The van der Waals surface area contributed by atoms with E-state index in [1.54, 1.807) is 17.5 Å². The van der Waals surface area contributed by atoms with E-state index < -0.39 is 0 Å². The average Bonchev–Trinajstić information content (AvgIpc) is 3.51. The topological polar surface area (TPSA) is 67.8 Å². The number of aromatic nitrogens is 2. The number of fused-ring (bicyclic) bond motifs is 2. The minimum absolute atomic E-state index is 0.157. The Morgan fingerprint density at radius 3 is 2.78 bits per heavy atom. The average molecular weight is 449 g/mol. The highest BCUT2D eigenvalue weighted by molar-refractivity contribution is 7.10. The lowest BCUT2D eigenvalue weighted by Gasteiger charge is -2.35. The third-order valence-electron chi connectivity index (χ3n) is 6.47. The van der Waals surface area contributed by atoms with Crippen LogP contribution in [0.3, 0.4) is 0 Å². The van der Waals surface area contributed by atoms with Gasteiger partial charge in [-0.2, -0.15) is 0 Å². The molecule has 32 heavy (non-hydrogen) atoms. The van der Waals surface area contributed by atoms with E-state index in [1.165, 1.54) is 10.4 Å². The van der Waals surface area contributed by atoms with Crippen LogP contribution in [-0.2, 0) is 13.0 Å². The largest absolute Gasteiger partial charge is 0.454 e. The molecule has 0 radical (unpaired) electrons. The van der Waals surface area contributed by atoms with E-state index in [0.29, 0.717) is 18.8 Å². The standard InChI is InChI=1S/C24H24N4O3S/c29-20-12-17(23-2-1-9-32-23)11-19-18(20)13-25-24(26-19)28-7-5-27(6-8-28)14-16-3-4-21-22(10-16)31-15-30-21/h1-4,9-10,13,17H,5-8,11-12,14-15H2/t17-/m0/s1.